The second-order valence-corrected chi connectivity index (χ2v) is 5.93. The summed E-state index contributed by atoms with van der Waals surface area (Å²) in [6.07, 6.45) is 0.537. The maximum Gasteiger partial charge on any atom is 0.151 e. The molecule has 2 nitrogen and oxygen atoms in total. The summed E-state index contributed by atoms with van der Waals surface area (Å²) in [7, 11) is 2.01. The Labute approximate surface area is 105 Å². The van der Waals surface area contributed by atoms with Crippen LogP contribution in [0.3, 0.4) is 0 Å². The highest BCUT2D eigenvalue weighted by Crippen LogP contribution is 2.14. The molecule has 1 rings (SSSR count). The minimum atomic E-state index is 0.238. The van der Waals surface area contributed by atoms with E-state index in [1.54, 1.807) is 0 Å². The van der Waals surface area contributed by atoms with Gasteiger partial charge in [0, 0.05) is 13.0 Å². The molecule has 0 aliphatic rings. The number of rotatable bonds is 5. The van der Waals surface area contributed by atoms with Gasteiger partial charge in [0.2, 0.25) is 0 Å². The van der Waals surface area contributed by atoms with Crippen LogP contribution in [-0.4, -0.2) is 30.8 Å². The van der Waals surface area contributed by atoms with E-state index >= 15 is 0 Å². The van der Waals surface area contributed by atoms with Gasteiger partial charge in [-0.05, 0) is 18.0 Å². The van der Waals surface area contributed by atoms with E-state index in [9.17, 15) is 4.79 Å². The molecule has 0 aliphatic heterocycles. The number of likely N-dealkylation sites (N-methyl/N-ethyl adjacent to an activating group) is 1. The minimum Gasteiger partial charge on any atom is -0.299 e. The number of carbonyl (C=O) groups excluding carboxylic acids is 1. The van der Waals surface area contributed by atoms with E-state index in [0.717, 1.165) is 12.1 Å². The first-order chi connectivity index (χ1) is 7.87. The van der Waals surface area contributed by atoms with Gasteiger partial charge in [-0.1, -0.05) is 51.1 Å². The van der Waals surface area contributed by atoms with Crippen molar-refractivity contribution in [2.45, 2.75) is 27.2 Å². The average molecular weight is 233 g/mol. The molecule has 0 amide bonds. The van der Waals surface area contributed by atoms with Crippen LogP contribution in [0.25, 0.3) is 0 Å². The number of carbonyl (C=O) groups is 1. The number of ketones is 1. The van der Waals surface area contributed by atoms with Gasteiger partial charge < -0.3 is 0 Å². The molecule has 2 heteroatoms. The Morgan fingerprint density at radius 3 is 2.29 bits per heavy atom. The van der Waals surface area contributed by atoms with Crippen LogP contribution in [-0.2, 0) is 11.2 Å². The smallest absolute Gasteiger partial charge is 0.151 e. The van der Waals surface area contributed by atoms with Crippen LogP contribution >= 0.6 is 0 Å². The van der Waals surface area contributed by atoms with Gasteiger partial charge in [-0.2, -0.15) is 0 Å². The number of Topliss-reactive ketones (excluding diaryl/α,β-unsaturated/α-hetero) is 1. The third-order valence-corrected chi connectivity index (χ3v) is 2.43. The SMILES string of the molecule is CN(CC(=O)Cc1ccccc1)CC(C)(C)C. The Morgan fingerprint density at radius 2 is 1.76 bits per heavy atom. The molecule has 94 valence electrons. The number of nitrogens with zero attached hydrogens (tertiary/aromatic N) is 1. The Bertz CT molecular complexity index is 351. The summed E-state index contributed by atoms with van der Waals surface area (Å²) in [5.41, 5.74) is 1.34. The van der Waals surface area contributed by atoms with Crippen LogP contribution in [0.1, 0.15) is 26.3 Å². The van der Waals surface area contributed by atoms with Crippen LogP contribution in [0.15, 0.2) is 30.3 Å². The lowest BCUT2D eigenvalue weighted by atomic mass is 9.96. The highest BCUT2D eigenvalue weighted by Gasteiger charge is 2.15. The molecule has 0 saturated heterocycles. The first-order valence-electron chi connectivity index (χ1n) is 6.11. The van der Waals surface area contributed by atoms with E-state index in [0.29, 0.717) is 13.0 Å². The Hall–Kier alpha value is -1.15. The lowest BCUT2D eigenvalue weighted by molar-refractivity contribution is -0.119. The third kappa shape index (κ3) is 6.22. The molecule has 0 aliphatic carbocycles. The summed E-state index contributed by atoms with van der Waals surface area (Å²) in [6.45, 7) is 8.03. The Morgan fingerprint density at radius 1 is 1.18 bits per heavy atom. The van der Waals surface area contributed by atoms with Crippen molar-refractivity contribution in [3.63, 3.8) is 0 Å². The summed E-state index contributed by atoms with van der Waals surface area (Å²) < 4.78 is 0. The molecule has 0 spiro atoms. The summed E-state index contributed by atoms with van der Waals surface area (Å²) in [5, 5.41) is 0. The lowest BCUT2D eigenvalue weighted by Crippen LogP contribution is -2.34. The normalized spacial score (nSPS) is 11.8. The van der Waals surface area contributed by atoms with Crippen molar-refractivity contribution in [2.24, 2.45) is 5.41 Å². The van der Waals surface area contributed by atoms with Crippen molar-refractivity contribution in [1.29, 1.82) is 0 Å². The highest BCUT2D eigenvalue weighted by atomic mass is 16.1. The first kappa shape index (κ1) is 13.9. The molecule has 0 unspecified atom stereocenters. The van der Waals surface area contributed by atoms with Gasteiger partial charge in [0.1, 0.15) is 0 Å². The molecule has 0 N–H and O–H groups in total. The predicted octanol–water partition coefficient (Wildman–Crippen LogP) is 2.78. The second-order valence-electron chi connectivity index (χ2n) is 5.93. The van der Waals surface area contributed by atoms with Gasteiger partial charge >= 0.3 is 0 Å². The van der Waals surface area contributed by atoms with Crippen molar-refractivity contribution >= 4 is 5.78 Å². The zero-order valence-corrected chi connectivity index (χ0v) is 11.4. The third-order valence-electron chi connectivity index (χ3n) is 2.43. The van der Waals surface area contributed by atoms with E-state index in [4.69, 9.17) is 0 Å². The molecule has 1 aromatic rings. The van der Waals surface area contributed by atoms with E-state index in [1.807, 2.05) is 37.4 Å². The molecule has 0 atom stereocenters. The molecule has 0 bridgehead atoms. The maximum atomic E-state index is 11.9. The molecule has 0 fully saturated rings. The largest absolute Gasteiger partial charge is 0.299 e. The fraction of sp³-hybridized carbons (Fsp3) is 0.533. The second kappa shape index (κ2) is 5.97. The van der Waals surface area contributed by atoms with Crippen LogP contribution in [0, 0.1) is 5.41 Å². The molecule has 0 heterocycles. The van der Waals surface area contributed by atoms with Crippen molar-refractivity contribution < 1.29 is 4.79 Å². The maximum absolute atomic E-state index is 11.9. The van der Waals surface area contributed by atoms with Crippen LogP contribution in [0.5, 0.6) is 0 Å². The van der Waals surface area contributed by atoms with Gasteiger partial charge in [0.15, 0.2) is 5.78 Å². The molecule has 0 radical (unpaired) electrons. The molecule has 0 saturated carbocycles. The topological polar surface area (TPSA) is 20.3 Å². The standard InChI is InChI=1S/C15H23NO/c1-15(2,3)12-16(4)11-14(17)10-13-8-6-5-7-9-13/h5-9H,10-12H2,1-4H3. The van der Waals surface area contributed by atoms with Gasteiger partial charge in [-0.25, -0.2) is 0 Å². The first-order valence-corrected chi connectivity index (χ1v) is 6.11. The van der Waals surface area contributed by atoms with Gasteiger partial charge in [-0.15, -0.1) is 0 Å². The zero-order valence-electron chi connectivity index (χ0n) is 11.4. The van der Waals surface area contributed by atoms with Gasteiger partial charge in [-0.3, -0.25) is 9.69 Å². The average Bonchev–Trinajstić information content (AvgIpc) is 2.15. The predicted molar refractivity (Wildman–Crippen MR) is 72.1 cm³/mol. The van der Waals surface area contributed by atoms with Gasteiger partial charge in [0.05, 0.1) is 6.54 Å². The van der Waals surface area contributed by atoms with E-state index in [-0.39, 0.29) is 11.2 Å². The lowest BCUT2D eigenvalue weighted by Gasteiger charge is -2.25. The minimum absolute atomic E-state index is 0.238. The molecule has 17 heavy (non-hydrogen) atoms. The van der Waals surface area contributed by atoms with Gasteiger partial charge in [0.25, 0.3) is 0 Å². The number of benzene rings is 1. The van der Waals surface area contributed by atoms with E-state index < -0.39 is 0 Å². The molecular weight excluding hydrogens is 210 g/mol. The van der Waals surface area contributed by atoms with Crippen molar-refractivity contribution in [3.8, 4) is 0 Å². The van der Waals surface area contributed by atoms with Crippen LogP contribution < -0.4 is 0 Å². The van der Waals surface area contributed by atoms with E-state index in [1.165, 1.54) is 0 Å². The number of hydrogen-bond donors (Lipinski definition) is 0. The summed E-state index contributed by atoms with van der Waals surface area (Å²) >= 11 is 0. The quantitative estimate of drug-likeness (QED) is 0.779. The monoisotopic (exact) mass is 233 g/mol. The fourth-order valence-electron chi connectivity index (χ4n) is 2.05. The summed E-state index contributed by atoms with van der Waals surface area (Å²) in [4.78, 5) is 14.0. The Balaban J connectivity index is 2.40. The molecule has 1 aromatic carbocycles. The summed E-state index contributed by atoms with van der Waals surface area (Å²) in [5.74, 6) is 0.281. The Kier molecular flexibility index (Phi) is 4.88. The van der Waals surface area contributed by atoms with Crippen LogP contribution in [0.4, 0.5) is 0 Å². The van der Waals surface area contributed by atoms with Crippen molar-refractivity contribution in [2.75, 3.05) is 20.1 Å². The highest BCUT2D eigenvalue weighted by molar-refractivity contribution is 5.82. The fourth-order valence-corrected chi connectivity index (χ4v) is 2.05. The molecular formula is C15H23NO. The van der Waals surface area contributed by atoms with Crippen molar-refractivity contribution in [1.82, 2.24) is 4.90 Å². The zero-order chi connectivity index (χ0) is 12.9. The molecule has 0 aromatic heterocycles. The summed E-state index contributed by atoms with van der Waals surface area (Å²) in [6, 6.07) is 9.92. The van der Waals surface area contributed by atoms with Crippen LogP contribution in [0.2, 0.25) is 0 Å². The van der Waals surface area contributed by atoms with E-state index in [2.05, 4.69) is 25.7 Å². The van der Waals surface area contributed by atoms with Crippen molar-refractivity contribution in [3.05, 3.63) is 35.9 Å². The number of hydrogen-bond acceptors (Lipinski definition) is 2.